The summed E-state index contributed by atoms with van der Waals surface area (Å²) in [4.78, 5) is 25.2. The van der Waals surface area contributed by atoms with Crippen LogP contribution in [0.5, 0.6) is 0 Å². The molecule has 110 valence electrons. The Kier molecular flexibility index (Phi) is 4.94. The normalized spacial score (nSPS) is 15.1. The van der Waals surface area contributed by atoms with Gasteiger partial charge >= 0.3 is 0 Å². The first kappa shape index (κ1) is 14.3. The molecule has 0 aromatic carbocycles. The van der Waals surface area contributed by atoms with Crippen LogP contribution in [0, 0.1) is 0 Å². The fourth-order valence-corrected chi connectivity index (χ4v) is 1.95. The molecule has 2 amide bonds. The number of anilines is 1. The maximum Gasteiger partial charge on any atom is 0.241 e. The summed E-state index contributed by atoms with van der Waals surface area (Å²) in [5, 5.41) is 6.61. The van der Waals surface area contributed by atoms with Crippen molar-refractivity contribution in [3.8, 4) is 0 Å². The first-order chi connectivity index (χ1) is 9.65. The highest BCUT2D eigenvalue weighted by Crippen LogP contribution is 2.00. The highest BCUT2D eigenvalue weighted by molar-refractivity contribution is 5.79. The molecule has 0 spiro atoms. The Morgan fingerprint density at radius 3 is 2.80 bits per heavy atom. The van der Waals surface area contributed by atoms with Crippen LogP contribution in [0.15, 0.2) is 12.4 Å². The molecule has 0 saturated carbocycles. The molecule has 8 heteroatoms. The molecule has 1 fully saturated rings. The number of hydrogen-bond donors (Lipinski definition) is 2. The van der Waals surface area contributed by atoms with E-state index < -0.39 is 0 Å². The van der Waals surface area contributed by atoms with Gasteiger partial charge in [0, 0.05) is 32.3 Å². The van der Waals surface area contributed by atoms with E-state index in [4.69, 9.17) is 10.5 Å². The Morgan fingerprint density at radius 1 is 1.40 bits per heavy atom. The van der Waals surface area contributed by atoms with Crippen molar-refractivity contribution in [1.29, 1.82) is 0 Å². The zero-order valence-corrected chi connectivity index (χ0v) is 11.2. The van der Waals surface area contributed by atoms with Gasteiger partial charge in [-0.3, -0.25) is 14.3 Å². The second-order valence-electron chi connectivity index (χ2n) is 4.56. The lowest BCUT2D eigenvalue weighted by Crippen LogP contribution is -2.42. The molecule has 1 aliphatic rings. The lowest BCUT2D eigenvalue weighted by atomic mass is 10.3. The molecule has 3 N–H and O–H groups in total. The maximum atomic E-state index is 11.8. The van der Waals surface area contributed by atoms with E-state index in [0.717, 1.165) is 0 Å². The number of nitrogens with zero attached hydrogens (tertiary/aromatic N) is 3. The van der Waals surface area contributed by atoms with Crippen LogP contribution >= 0.6 is 0 Å². The van der Waals surface area contributed by atoms with E-state index in [1.165, 1.54) is 10.9 Å². The molecule has 1 aliphatic heterocycles. The Bertz CT molecular complexity index is 467. The summed E-state index contributed by atoms with van der Waals surface area (Å²) in [7, 11) is 0. The van der Waals surface area contributed by atoms with Crippen molar-refractivity contribution in [3.05, 3.63) is 12.4 Å². The number of morpholine rings is 1. The number of hydrogen-bond acceptors (Lipinski definition) is 5. The number of nitrogens with one attached hydrogen (secondary N) is 1. The zero-order valence-electron chi connectivity index (χ0n) is 11.2. The summed E-state index contributed by atoms with van der Waals surface area (Å²) in [5.74, 6) is -0.153. The topological polar surface area (TPSA) is 102 Å². The van der Waals surface area contributed by atoms with Gasteiger partial charge in [0.2, 0.25) is 11.8 Å². The molecule has 2 heterocycles. The van der Waals surface area contributed by atoms with Gasteiger partial charge in [-0.25, -0.2) is 0 Å². The Morgan fingerprint density at radius 2 is 2.15 bits per heavy atom. The first-order valence-corrected chi connectivity index (χ1v) is 6.55. The third-order valence-electron chi connectivity index (χ3n) is 2.98. The van der Waals surface area contributed by atoms with Gasteiger partial charge < -0.3 is 20.7 Å². The second kappa shape index (κ2) is 6.90. The molecule has 0 unspecified atom stereocenters. The van der Waals surface area contributed by atoms with Crippen molar-refractivity contribution in [2.24, 2.45) is 0 Å². The summed E-state index contributed by atoms with van der Waals surface area (Å²) < 4.78 is 6.63. The SMILES string of the molecule is Nc1cnn(CC(=O)NCCC(=O)N2CCOCC2)c1. The third kappa shape index (κ3) is 4.23. The third-order valence-corrected chi connectivity index (χ3v) is 2.98. The monoisotopic (exact) mass is 281 g/mol. The Balaban J connectivity index is 1.64. The van der Waals surface area contributed by atoms with Crippen LogP contribution < -0.4 is 11.1 Å². The smallest absolute Gasteiger partial charge is 0.241 e. The molecule has 0 atom stereocenters. The van der Waals surface area contributed by atoms with Crippen LogP contribution in [0.1, 0.15) is 6.42 Å². The molecular weight excluding hydrogens is 262 g/mol. The minimum Gasteiger partial charge on any atom is -0.396 e. The predicted molar refractivity (Wildman–Crippen MR) is 71.7 cm³/mol. The van der Waals surface area contributed by atoms with E-state index in [2.05, 4.69) is 10.4 Å². The fraction of sp³-hybridized carbons (Fsp3) is 0.583. The molecule has 0 bridgehead atoms. The standard InChI is InChI=1S/C12H19N5O3/c13-10-7-15-17(8-10)9-11(18)14-2-1-12(19)16-3-5-20-6-4-16/h7-8H,1-6,9,13H2,(H,14,18). The second-order valence-corrected chi connectivity index (χ2v) is 4.56. The van der Waals surface area contributed by atoms with E-state index in [1.54, 1.807) is 11.1 Å². The van der Waals surface area contributed by atoms with Gasteiger partial charge in [-0.2, -0.15) is 5.10 Å². The summed E-state index contributed by atoms with van der Waals surface area (Å²) in [6, 6.07) is 0. The van der Waals surface area contributed by atoms with Gasteiger partial charge in [-0.05, 0) is 0 Å². The van der Waals surface area contributed by atoms with E-state index in [1.807, 2.05) is 0 Å². The summed E-state index contributed by atoms with van der Waals surface area (Å²) in [6.45, 7) is 2.84. The van der Waals surface area contributed by atoms with Gasteiger partial charge in [0.25, 0.3) is 0 Å². The summed E-state index contributed by atoms with van der Waals surface area (Å²) >= 11 is 0. The number of carbonyl (C=O) groups excluding carboxylic acids is 2. The molecule has 8 nitrogen and oxygen atoms in total. The molecule has 20 heavy (non-hydrogen) atoms. The minimum absolute atomic E-state index is 0.0388. The van der Waals surface area contributed by atoms with Crippen molar-refractivity contribution < 1.29 is 14.3 Å². The van der Waals surface area contributed by atoms with Crippen LogP contribution in [0.25, 0.3) is 0 Å². The number of carbonyl (C=O) groups is 2. The van der Waals surface area contributed by atoms with E-state index in [0.29, 0.717) is 45.0 Å². The molecule has 0 aliphatic carbocycles. The first-order valence-electron chi connectivity index (χ1n) is 6.55. The molecule has 0 radical (unpaired) electrons. The molecule has 2 rings (SSSR count). The Hall–Kier alpha value is -2.09. The van der Waals surface area contributed by atoms with Crippen LogP contribution in [0.3, 0.4) is 0 Å². The lowest BCUT2D eigenvalue weighted by Gasteiger charge is -2.26. The number of rotatable bonds is 5. The van der Waals surface area contributed by atoms with E-state index >= 15 is 0 Å². The van der Waals surface area contributed by atoms with Crippen LogP contribution in [0.4, 0.5) is 5.69 Å². The predicted octanol–water partition coefficient (Wildman–Crippen LogP) is -1.17. The zero-order chi connectivity index (χ0) is 14.4. The average molecular weight is 281 g/mol. The number of nitrogens with two attached hydrogens (primary N) is 1. The molecule has 1 aromatic heterocycles. The molecule has 1 aromatic rings. The van der Waals surface area contributed by atoms with Gasteiger partial charge in [0.1, 0.15) is 6.54 Å². The van der Waals surface area contributed by atoms with Crippen molar-refractivity contribution in [2.45, 2.75) is 13.0 Å². The number of ether oxygens (including phenoxy) is 1. The molecular formula is C12H19N5O3. The van der Waals surface area contributed by atoms with Crippen molar-refractivity contribution >= 4 is 17.5 Å². The van der Waals surface area contributed by atoms with Crippen molar-refractivity contribution in [1.82, 2.24) is 20.0 Å². The Labute approximate surface area is 116 Å². The summed E-state index contributed by atoms with van der Waals surface area (Å²) in [6.07, 6.45) is 3.36. The largest absolute Gasteiger partial charge is 0.396 e. The number of nitrogen functional groups attached to an aromatic ring is 1. The number of amides is 2. The van der Waals surface area contributed by atoms with E-state index in [-0.39, 0.29) is 18.4 Å². The van der Waals surface area contributed by atoms with Gasteiger partial charge in [0.05, 0.1) is 25.1 Å². The highest BCUT2D eigenvalue weighted by atomic mass is 16.5. The summed E-state index contributed by atoms with van der Waals surface area (Å²) in [5.41, 5.74) is 6.02. The highest BCUT2D eigenvalue weighted by Gasteiger charge is 2.16. The van der Waals surface area contributed by atoms with Crippen LogP contribution in [-0.4, -0.2) is 59.3 Å². The quantitative estimate of drug-likeness (QED) is 0.708. The molecule has 1 saturated heterocycles. The van der Waals surface area contributed by atoms with E-state index in [9.17, 15) is 9.59 Å². The fourth-order valence-electron chi connectivity index (χ4n) is 1.95. The van der Waals surface area contributed by atoms with Crippen molar-refractivity contribution in [3.63, 3.8) is 0 Å². The maximum absolute atomic E-state index is 11.8. The van der Waals surface area contributed by atoms with Crippen molar-refractivity contribution in [2.75, 3.05) is 38.6 Å². The average Bonchev–Trinajstić information content (AvgIpc) is 2.85. The lowest BCUT2D eigenvalue weighted by molar-refractivity contribution is -0.135. The van der Waals surface area contributed by atoms with Gasteiger partial charge in [-0.1, -0.05) is 0 Å². The van der Waals surface area contributed by atoms with Gasteiger partial charge in [0.15, 0.2) is 0 Å². The van der Waals surface area contributed by atoms with Gasteiger partial charge in [-0.15, -0.1) is 0 Å². The van der Waals surface area contributed by atoms with Crippen LogP contribution in [0.2, 0.25) is 0 Å². The number of aromatic nitrogens is 2. The minimum atomic E-state index is -0.192. The van der Waals surface area contributed by atoms with Crippen LogP contribution in [-0.2, 0) is 20.9 Å².